The molecule has 0 spiro atoms. The van der Waals surface area contributed by atoms with Crippen LogP contribution < -0.4 is 0 Å². The summed E-state index contributed by atoms with van der Waals surface area (Å²) >= 11 is 3.59. The van der Waals surface area contributed by atoms with Crippen LogP contribution in [0, 0.1) is 20.8 Å². The van der Waals surface area contributed by atoms with Gasteiger partial charge in [-0.1, -0.05) is 0 Å². The third-order valence-corrected chi connectivity index (χ3v) is 3.75. The highest BCUT2D eigenvalue weighted by molar-refractivity contribution is 9.10. The Hall–Kier alpha value is -1.17. The van der Waals surface area contributed by atoms with Gasteiger partial charge in [0.1, 0.15) is 11.6 Å². The van der Waals surface area contributed by atoms with Crippen LogP contribution in [0.4, 0.5) is 0 Å². The lowest BCUT2D eigenvalue weighted by atomic mass is 10.3. The molecule has 0 aromatic carbocycles. The smallest absolute Gasteiger partial charge is 0.147 e. The van der Waals surface area contributed by atoms with Gasteiger partial charge in [0.05, 0.1) is 22.4 Å². The van der Waals surface area contributed by atoms with E-state index in [0.717, 1.165) is 34.1 Å². The quantitative estimate of drug-likeness (QED) is 0.873. The van der Waals surface area contributed by atoms with Crippen molar-refractivity contribution in [3.05, 3.63) is 27.5 Å². The van der Waals surface area contributed by atoms with E-state index in [2.05, 4.69) is 38.0 Å². The molecule has 92 valence electrons. The van der Waals surface area contributed by atoms with E-state index in [1.807, 2.05) is 30.1 Å². The summed E-state index contributed by atoms with van der Waals surface area (Å²) in [6, 6.07) is 0. The fourth-order valence-corrected chi connectivity index (χ4v) is 2.28. The molecule has 0 unspecified atom stereocenters. The van der Waals surface area contributed by atoms with Crippen LogP contribution in [-0.4, -0.2) is 24.5 Å². The molecule has 0 saturated heterocycles. The van der Waals surface area contributed by atoms with Gasteiger partial charge < -0.3 is 0 Å². The van der Waals surface area contributed by atoms with Crippen LogP contribution >= 0.6 is 15.9 Å². The summed E-state index contributed by atoms with van der Waals surface area (Å²) in [5.41, 5.74) is 2.15. The Balaban J connectivity index is 2.38. The first kappa shape index (κ1) is 12.3. The average Bonchev–Trinajstić information content (AvgIpc) is 2.73. The molecule has 2 aromatic heterocycles. The molecule has 0 amide bonds. The molecule has 2 heterocycles. The van der Waals surface area contributed by atoms with Gasteiger partial charge in [-0.25, -0.2) is 9.67 Å². The van der Waals surface area contributed by atoms with E-state index in [1.54, 1.807) is 0 Å². The predicted molar refractivity (Wildman–Crippen MR) is 68.9 cm³/mol. The van der Waals surface area contributed by atoms with Crippen molar-refractivity contribution in [2.45, 2.75) is 40.8 Å². The van der Waals surface area contributed by atoms with Crippen LogP contribution in [0.25, 0.3) is 0 Å². The molecular weight excluding hydrogens is 282 g/mol. The maximum absolute atomic E-state index is 4.47. The Morgan fingerprint density at radius 3 is 2.35 bits per heavy atom. The van der Waals surface area contributed by atoms with Gasteiger partial charge in [-0.05, 0) is 43.6 Å². The molecule has 2 rings (SSSR count). The Labute approximate surface area is 109 Å². The lowest BCUT2D eigenvalue weighted by Gasteiger charge is -2.06. The Morgan fingerprint density at radius 2 is 1.82 bits per heavy atom. The van der Waals surface area contributed by atoms with Crippen LogP contribution in [-0.2, 0) is 13.1 Å². The van der Waals surface area contributed by atoms with Gasteiger partial charge in [-0.3, -0.25) is 4.68 Å². The minimum atomic E-state index is 0.696. The molecule has 17 heavy (non-hydrogen) atoms. The van der Waals surface area contributed by atoms with Gasteiger partial charge in [0.25, 0.3) is 0 Å². The number of aromatic nitrogens is 5. The summed E-state index contributed by atoms with van der Waals surface area (Å²) in [7, 11) is 0. The van der Waals surface area contributed by atoms with Crippen molar-refractivity contribution < 1.29 is 0 Å². The van der Waals surface area contributed by atoms with Gasteiger partial charge >= 0.3 is 0 Å². The van der Waals surface area contributed by atoms with Crippen molar-refractivity contribution in [3.63, 3.8) is 0 Å². The number of rotatable bonds is 3. The SMILES string of the molecule is CCn1nc(C)c(Br)c1Cn1nc(C)nc1C. The van der Waals surface area contributed by atoms with E-state index in [9.17, 15) is 0 Å². The van der Waals surface area contributed by atoms with E-state index in [4.69, 9.17) is 0 Å². The molecular formula is C11H16BrN5. The van der Waals surface area contributed by atoms with E-state index in [0.29, 0.717) is 6.54 Å². The van der Waals surface area contributed by atoms with E-state index >= 15 is 0 Å². The van der Waals surface area contributed by atoms with Crippen molar-refractivity contribution in [3.8, 4) is 0 Å². The minimum absolute atomic E-state index is 0.696. The van der Waals surface area contributed by atoms with Gasteiger partial charge in [-0.2, -0.15) is 10.2 Å². The maximum atomic E-state index is 4.47. The topological polar surface area (TPSA) is 48.5 Å². The Kier molecular flexibility index (Phi) is 3.33. The first-order valence-electron chi connectivity index (χ1n) is 5.62. The van der Waals surface area contributed by atoms with Crippen molar-refractivity contribution in [1.29, 1.82) is 0 Å². The maximum Gasteiger partial charge on any atom is 0.147 e. The highest BCUT2D eigenvalue weighted by Crippen LogP contribution is 2.22. The van der Waals surface area contributed by atoms with Crippen LogP contribution in [0.15, 0.2) is 4.47 Å². The fraction of sp³-hybridized carbons (Fsp3) is 0.545. The molecule has 0 atom stereocenters. The zero-order valence-corrected chi connectivity index (χ0v) is 12.1. The van der Waals surface area contributed by atoms with E-state index in [1.165, 1.54) is 0 Å². The summed E-state index contributed by atoms with van der Waals surface area (Å²) < 4.78 is 4.96. The van der Waals surface area contributed by atoms with E-state index < -0.39 is 0 Å². The first-order chi connectivity index (χ1) is 8.02. The molecule has 2 aromatic rings. The van der Waals surface area contributed by atoms with Gasteiger partial charge in [-0.15, -0.1) is 0 Å². The summed E-state index contributed by atoms with van der Waals surface area (Å²) in [4.78, 5) is 4.31. The van der Waals surface area contributed by atoms with Crippen molar-refractivity contribution in [2.75, 3.05) is 0 Å². The molecule has 0 aliphatic rings. The molecule has 0 bridgehead atoms. The number of hydrogen-bond acceptors (Lipinski definition) is 3. The first-order valence-corrected chi connectivity index (χ1v) is 6.42. The molecule has 0 N–H and O–H groups in total. The molecule has 0 aliphatic heterocycles. The molecule has 0 saturated carbocycles. The molecule has 0 radical (unpaired) electrons. The van der Waals surface area contributed by atoms with Crippen LogP contribution in [0.1, 0.15) is 30.0 Å². The second kappa shape index (κ2) is 4.60. The number of nitrogens with zero attached hydrogens (tertiary/aromatic N) is 5. The lowest BCUT2D eigenvalue weighted by molar-refractivity contribution is 0.564. The standard InChI is InChI=1S/C11H16BrN5/c1-5-16-10(11(12)7(2)14-16)6-17-9(4)13-8(3)15-17/h5-6H2,1-4H3. The zero-order chi connectivity index (χ0) is 12.6. The summed E-state index contributed by atoms with van der Waals surface area (Å²) in [6.07, 6.45) is 0. The van der Waals surface area contributed by atoms with Crippen LogP contribution in [0.3, 0.4) is 0 Å². The largest absolute Gasteiger partial charge is 0.267 e. The summed E-state index contributed by atoms with van der Waals surface area (Å²) in [5.74, 6) is 1.73. The van der Waals surface area contributed by atoms with Crippen molar-refractivity contribution >= 4 is 15.9 Å². The highest BCUT2D eigenvalue weighted by Gasteiger charge is 2.14. The van der Waals surface area contributed by atoms with Crippen molar-refractivity contribution in [2.24, 2.45) is 0 Å². The predicted octanol–water partition coefficient (Wildman–Crippen LogP) is 2.23. The Bertz CT molecular complexity index is 540. The molecule has 0 fully saturated rings. The molecule has 0 aliphatic carbocycles. The molecule has 6 heteroatoms. The summed E-state index contributed by atoms with van der Waals surface area (Å²) in [6.45, 7) is 9.51. The fourth-order valence-electron chi connectivity index (χ4n) is 1.87. The third kappa shape index (κ3) is 2.26. The highest BCUT2D eigenvalue weighted by atomic mass is 79.9. The minimum Gasteiger partial charge on any atom is -0.267 e. The van der Waals surface area contributed by atoms with E-state index in [-0.39, 0.29) is 0 Å². The third-order valence-electron chi connectivity index (χ3n) is 2.71. The van der Waals surface area contributed by atoms with Gasteiger partial charge in [0, 0.05) is 6.54 Å². The van der Waals surface area contributed by atoms with Crippen LogP contribution in [0.2, 0.25) is 0 Å². The second-order valence-electron chi connectivity index (χ2n) is 4.03. The molecule has 5 nitrogen and oxygen atoms in total. The van der Waals surface area contributed by atoms with Gasteiger partial charge in [0.2, 0.25) is 0 Å². The average molecular weight is 298 g/mol. The Morgan fingerprint density at radius 1 is 1.12 bits per heavy atom. The number of aryl methyl sites for hydroxylation is 4. The normalized spacial score (nSPS) is 11.1. The zero-order valence-electron chi connectivity index (χ0n) is 10.5. The summed E-state index contributed by atoms with van der Waals surface area (Å²) in [5, 5.41) is 8.84. The second-order valence-corrected chi connectivity index (χ2v) is 4.82. The lowest BCUT2D eigenvalue weighted by Crippen LogP contribution is -2.10. The van der Waals surface area contributed by atoms with Crippen LogP contribution in [0.5, 0.6) is 0 Å². The van der Waals surface area contributed by atoms with Gasteiger partial charge in [0.15, 0.2) is 0 Å². The van der Waals surface area contributed by atoms with Crippen molar-refractivity contribution in [1.82, 2.24) is 24.5 Å². The monoisotopic (exact) mass is 297 g/mol. The number of halogens is 1. The number of hydrogen-bond donors (Lipinski definition) is 0.